The van der Waals surface area contributed by atoms with E-state index < -0.39 is 0 Å². The molecule has 3 aromatic carbocycles. The monoisotopic (exact) mass is 549 g/mol. The second-order valence-electron chi connectivity index (χ2n) is 8.49. The van der Waals surface area contributed by atoms with Gasteiger partial charge in [0, 0.05) is 21.7 Å². The van der Waals surface area contributed by atoms with Crippen molar-refractivity contribution in [2.75, 3.05) is 26.0 Å². The Kier molecular flexibility index (Phi) is 7.73. The Morgan fingerprint density at radius 2 is 1.70 bits per heavy atom. The van der Waals surface area contributed by atoms with Gasteiger partial charge in [-0.05, 0) is 119 Å². The molecule has 0 aliphatic carbocycles. The number of rotatable bonds is 8. The summed E-state index contributed by atoms with van der Waals surface area (Å²) in [5, 5.41) is 5.36. The molecule has 33 heavy (non-hydrogen) atoms. The molecule has 1 N–H and O–H groups in total. The van der Waals surface area contributed by atoms with Crippen LogP contribution in [-0.2, 0) is 17.6 Å². The van der Waals surface area contributed by atoms with Crippen LogP contribution < -0.4 is 5.32 Å². The lowest BCUT2D eigenvalue weighted by Crippen LogP contribution is -2.15. The molecule has 0 bridgehead atoms. The highest BCUT2D eigenvalue weighted by molar-refractivity contribution is 14.1. The molecule has 4 rings (SSSR count). The Morgan fingerprint density at radius 3 is 2.45 bits per heavy atom. The lowest BCUT2D eigenvalue weighted by Gasteiger charge is -2.13. The van der Waals surface area contributed by atoms with E-state index in [1.54, 1.807) is 12.4 Å². The molecule has 0 unspecified atom stereocenters. The van der Waals surface area contributed by atoms with Crippen molar-refractivity contribution in [2.45, 2.75) is 19.3 Å². The van der Waals surface area contributed by atoms with Crippen LogP contribution in [0, 0.1) is 3.57 Å². The summed E-state index contributed by atoms with van der Waals surface area (Å²) in [6, 6.07) is 22.7. The van der Waals surface area contributed by atoms with Crippen LogP contribution in [0.2, 0.25) is 0 Å². The molecule has 0 aliphatic heterocycles. The Morgan fingerprint density at radius 1 is 0.939 bits per heavy atom. The van der Waals surface area contributed by atoms with Gasteiger partial charge in [0.1, 0.15) is 0 Å². The van der Waals surface area contributed by atoms with Gasteiger partial charge in [0.15, 0.2) is 0 Å². The van der Waals surface area contributed by atoms with E-state index >= 15 is 0 Å². The van der Waals surface area contributed by atoms with Crippen molar-refractivity contribution in [3.05, 3.63) is 93.8 Å². The molecule has 0 atom stereocenters. The number of nitrogens with zero attached hydrogens (tertiary/aromatic N) is 2. The molecule has 0 spiro atoms. The molecule has 0 aliphatic rings. The molecule has 4 nitrogen and oxygen atoms in total. The van der Waals surface area contributed by atoms with Crippen molar-refractivity contribution < 1.29 is 4.79 Å². The molecule has 1 heterocycles. The van der Waals surface area contributed by atoms with E-state index in [2.05, 4.69) is 88.3 Å². The minimum Gasteiger partial charge on any atom is -0.326 e. The van der Waals surface area contributed by atoms with Crippen LogP contribution in [0.5, 0.6) is 0 Å². The van der Waals surface area contributed by atoms with Gasteiger partial charge in [-0.25, -0.2) is 0 Å². The van der Waals surface area contributed by atoms with E-state index in [0.717, 1.165) is 52.5 Å². The number of hydrogen-bond acceptors (Lipinski definition) is 3. The van der Waals surface area contributed by atoms with E-state index in [0.29, 0.717) is 6.42 Å². The molecule has 1 aromatic heterocycles. The fourth-order valence-electron chi connectivity index (χ4n) is 4.11. The maximum Gasteiger partial charge on any atom is 0.228 e. The van der Waals surface area contributed by atoms with Gasteiger partial charge >= 0.3 is 0 Å². The number of anilines is 1. The number of halogens is 1. The molecule has 168 valence electrons. The largest absolute Gasteiger partial charge is 0.326 e. The van der Waals surface area contributed by atoms with E-state index in [1.165, 1.54) is 9.13 Å². The van der Waals surface area contributed by atoms with Crippen molar-refractivity contribution in [1.29, 1.82) is 0 Å². The number of aromatic nitrogens is 1. The number of nitrogens with one attached hydrogen (secondary N) is 1. The van der Waals surface area contributed by atoms with Crippen molar-refractivity contribution >= 4 is 45.0 Å². The number of aryl methyl sites for hydroxylation is 1. The number of fused-ring (bicyclic) bond motifs is 1. The summed E-state index contributed by atoms with van der Waals surface area (Å²) >= 11 is 2.37. The topological polar surface area (TPSA) is 45.2 Å². The number of carbonyl (C=O) groups is 1. The summed E-state index contributed by atoms with van der Waals surface area (Å²) in [6.45, 7) is 1.05. The predicted octanol–water partition coefficient (Wildman–Crippen LogP) is 6.18. The summed E-state index contributed by atoms with van der Waals surface area (Å²) in [4.78, 5) is 19.3. The van der Waals surface area contributed by atoms with Crippen LogP contribution in [0.1, 0.15) is 17.5 Å². The van der Waals surface area contributed by atoms with Crippen LogP contribution in [0.25, 0.3) is 21.9 Å². The lowest BCUT2D eigenvalue weighted by molar-refractivity contribution is -0.115. The van der Waals surface area contributed by atoms with Crippen LogP contribution in [0.4, 0.5) is 5.69 Å². The molecule has 4 aromatic rings. The number of pyridine rings is 1. The fourth-order valence-corrected chi connectivity index (χ4v) is 4.71. The third-order valence-electron chi connectivity index (χ3n) is 5.74. The molecule has 0 saturated carbocycles. The predicted molar refractivity (Wildman–Crippen MR) is 146 cm³/mol. The van der Waals surface area contributed by atoms with Crippen molar-refractivity contribution in [3.63, 3.8) is 0 Å². The first-order valence-corrected chi connectivity index (χ1v) is 12.2. The molecule has 0 radical (unpaired) electrons. The van der Waals surface area contributed by atoms with Crippen molar-refractivity contribution in [2.24, 2.45) is 0 Å². The maximum absolute atomic E-state index is 13.0. The van der Waals surface area contributed by atoms with Gasteiger partial charge in [0.2, 0.25) is 5.91 Å². The first-order valence-electron chi connectivity index (χ1n) is 11.2. The van der Waals surface area contributed by atoms with Gasteiger partial charge in [0.25, 0.3) is 0 Å². The van der Waals surface area contributed by atoms with E-state index in [4.69, 9.17) is 0 Å². The highest BCUT2D eigenvalue weighted by Crippen LogP contribution is 2.31. The van der Waals surface area contributed by atoms with Gasteiger partial charge in [-0.3, -0.25) is 9.78 Å². The summed E-state index contributed by atoms with van der Waals surface area (Å²) in [6.07, 6.45) is 6.04. The molecular weight excluding hydrogens is 521 g/mol. The number of carbonyl (C=O) groups excluding carboxylic acids is 1. The van der Waals surface area contributed by atoms with Crippen LogP contribution in [0.3, 0.4) is 0 Å². The zero-order valence-electron chi connectivity index (χ0n) is 19.0. The lowest BCUT2D eigenvalue weighted by atomic mass is 9.94. The van der Waals surface area contributed by atoms with Gasteiger partial charge < -0.3 is 10.2 Å². The summed E-state index contributed by atoms with van der Waals surface area (Å²) in [5.41, 5.74) is 5.44. The second-order valence-corrected chi connectivity index (χ2v) is 9.65. The first kappa shape index (κ1) is 23.4. The molecule has 0 saturated heterocycles. The standard InChI is InChI=1S/C28H28IN3O/c1-32(2)17-5-6-22-18-23(10-12-27(22)29)31-28(33)19-21-9-11-25(20-13-15-30-16-14-20)26-8-4-3-7-24(21)26/h3-4,7-16,18H,5-6,17,19H2,1-2H3,(H,31,33). The SMILES string of the molecule is CN(C)CCCc1cc(NC(=O)Cc2ccc(-c3ccncc3)c3ccccc23)ccc1I. The zero-order valence-corrected chi connectivity index (χ0v) is 21.2. The highest BCUT2D eigenvalue weighted by Gasteiger charge is 2.12. The summed E-state index contributed by atoms with van der Waals surface area (Å²) in [7, 11) is 4.18. The molecule has 0 fully saturated rings. The Labute approximate surface area is 209 Å². The normalized spacial score (nSPS) is 11.2. The average molecular weight is 549 g/mol. The Bertz CT molecular complexity index is 1250. The molecule has 5 heteroatoms. The third kappa shape index (κ3) is 5.97. The summed E-state index contributed by atoms with van der Waals surface area (Å²) in [5.74, 6) is -0.00253. The maximum atomic E-state index is 13.0. The molecular formula is C28H28IN3O. The first-order chi connectivity index (χ1) is 16.0. The van der Waals surface area contributed by atoms with Crippen LogP contribution in [0.15, 0.2) is 79.1 Å². The van der Waals surface area contributed by atoms with Crippen LogP contribution in [-0.4, -0.2) is 36.4 Å². The molecule has 1 amide bonds. The minimum atomic E-state index is -0.00253. The Balaban J connectivity index is 1.52. The van der Waals surface area contributed by atoms with Gasteiger partial charge in [-0.1, -0.05) is 36.4 Å². The third-order valence-corrected chi connectivity index (χ3v) is 6.79. The summed E-state index contributed by atoms with van der Waals surface area (Å²) < 4.78 is 1.24. The average Bonchev–Trinajstić information content (AvgIpc) is 2.81. The van der Waals surface area contributed by atoms with E-state index in [1.807, 2.05) is 30.3 Å². The number of benzene rings is 3. The second kappa shape index (κ2) is 10.9. The Hall–Kier alpha value is -2.77. The highest BCUT2D eigenvalue weighted by atomic mass is 127. The smallest absolute Gasteiger partial charge is 0.228 e. The quantitative estimate of drug-likeness (QED) is 0.267. The van der Waals surface area contributed by atoms with Gasteiger partial charge in [-0.15, -0.1) is 0 Å². The fraction of sp³-hybridized carbons (Fsp3) is 0.214. The van der Waals surface area contributed by atoms with E-state index in [9.17, 15) is 4.79 Å². The van der Waals surface area contributed by atoms with Crippen molar-refractivity contribution in [1.82, 2.24) is 9.88 Å². The van der Waals surface area contributed by atoms with Crippen LogP contribution >= 0.6 is 22.6 Å². The number of hydrogen-bond donors (Lipinski definition) is 1. The number of amides is 1. The van der Waals surface area contributed by atoms with Gasteiger partial charge in [0.05, 0.1) is 6.42 Å². The van der Waals surface area contributed by atoms with Crippen molar-refractivity contribution in [3.8, 4) is 11.1 Å². The van der Waals surface area contributed by atoms with Gasteiger partial charge in [-0.2, -0.15) is 0 Å². The minimum absolute atomic E-state index is 0.00253. The zero-order chi connectivity index (χ0) is 23.2. The van der Waals surface area contributed by atoms with E-state index in [-0.39, 0.29) is 5.91 Å².